The van der Waals surface area contributed by atoms with Gasteiger partial charge < -0.3 is 10.5 Å². The summed E-state index contributed by atoms with van der Waals surface area (Å²) in [6.45, 7) is 0. The van der Waals surface area contributed by atoms with Crippen LogP contribution in [0.3, 0.4) is 0 Å². The fraction of sp³-hybridized carbons (Fsp3) is 0.0588. The van der Waals surface area contributed by atoms with E-state index in [1.54, 1.807) is 11.3 Å². The topological polar surface area (TPSA) is 35.2 Å². The quantitative estimate of drug-likeness (QED) is 0.759. The summed E-state index contributed by atoms with van der Waals surface area (Å²) in [5, 5.41) is 2.04. The number of para-hydroxylation sites is 1. The summed E-state index contributed by atoms with van der Waals surface area (Å²) in [4.78, 5) is 1.17. The molecule has 0 aliphatic carbocycles. The van der Waals surface area contributed by atoms with Crippen LogP contribution in [0.25, 0.3) is 0 Å². The molecule has 3 heteroatoms. The third-order valence-electron chi connectivity index (χ3n) is 3.07. The standard InChI is InChI=1S/C17H15NOS/c18-17(16-7-4-12-20-16)13-8-10-15(11-9-13)19-14-5-2-1-3-6-14/h1-12,17H,18H2/t17-/m0/s1. The Morgan fingerprint density at radius 3 is 2.15 bits per heavy atom. The molecule has 3 aromatic rings. The smallest absolute Gasteiger partial charge is 0.127 e. The summed E-state index contributed by atoms with van der Waals surface area (Å²) in [5.74, 6) is 1.65. The SMILES string of the molecule is N[C@@H](c1ccc(Oc2ccccc2)cc1)c1cccs1. The number of hydrogen-bond acceptors (Lipinski definition) is 3. The Bertz CT molecular complexity index is 647. The monoisotopic (exact) mass is 281 g/mol. The first-order valence-corrected chi connectivity index (χ1v) is 7.33. The number of nitrogens with two attached hydrogens (primary N) is 1. The first-order valence-electron chi connectivity index (χ1n) is 6.45. The second kappa shape index (κ2) is 5.90. The molecule has 0 aliphatic rings. The van der Waals surface area contributed by atoms with Crippen LogP contribution in [0.5, 0.6) is 11.5 Å². The molecule has 0 radical (unpaired) electrons. The molecule has 0 spiro atoms. The molecule has 0 aliphatic heterocycles. The van der Waals surface area contributed by atoms with Crippen LogP contribution in [0, 0.1) is 0 Å². The number of thiophene rings is 1. The lowest BCUT2D eigenvalue weighted by Crippen LogP contribution is -2.09. The molecule has 2 nitrogen and oxygen atoms in total. The van der Waals surface area contributed by atoms with E-state index < -0.39 is 0 Å². The van der Waals surface area contributed by atoms with Crippen molar-refractivity contribution in [3.05, 3.63) is 82.6 Å². The molecule has 0 saturated heterocycles. The van der Waals surface area contributed by atoms with E-state index >= 15 is 0 Å². The number of hydrogen-bond donors (Lipinski definition) is 1. The molecule has 1 aromatic heterocycles. The van der Waals surface area contributed by atoms with Crippen LogP contribution in [0.15, 0.2) is 72.1 Å². The van der Waals surface area contributed by atoms with E-state index in [1.807, 2.05) is 66.0 Å². The van der Waals surface area contributed by atoms with Gasteiger partial charge in [-0.15, -0.1) is 11.3 Å². The number of rotatable bonds is 4. The maximum Gasteiger partial charge on any atom is 0.127 e. The van der Waals surface area contributed by atoms with Crippen molar-refractivity contribution in [2.45, 2.75) is 6.04 Å². The molecule has 0 amide bonds. The Balaban J connectivity index is 1.75. The van der Waals surface area contributed by atoms with Crippen LogP contribution in [-0.2, 0) is 0 Å². The van der Waals surface area contributed by atoms with Crippen molar-refractivity contribution >= 4 is 11.3 Å². The van der Waals surface area contributed by atoms with E-state index in [-0.39, 0.29) is 6.04 Å². The van der Waals surface area contributed by atoms with Crippen molar-refractivity contribution in [3.63, 3.8) is 0 Å². The van der Waals surface area contributed by atoms with Crippen LogP contribution < -0.4 is 10.5 Å². The fourth-order valence-electron chi connectivity index (χ4n) is 2.00. The molecular formula is C17H15NOS. The molecule has 1 heterocycles. The van der Waals surface area contributed by atoms with Gasteiger partial charge in [0.1, 0.15) is 11.5 Å². The zero-order valence-corrected chi connectivity index (χ0v) is 11.7. The van der Waals surface area contributed by atoms with Gasteiger partial charge in [0, 0.05) is 4.88 Å². The van der Waals surface area contributed by atoms with E-state index in [0.717, 1.165) is 17.1 Å². The van der Waals surface area contributed by atoms with Gasteiger partial charge in [-0.1, -0.05) is 36.4 Å². The van der Waals surface area contributed by atoms with Gasteiger partial charge in [-0.3, -0.25) is 0 Å². The first kappa shape index (κ1) is 12.9. The van der Waals surface area contributed by atoms with E-state index in [1.165, 1.54) is 4.88 Å². The lowest BCUT2D eigenvalue weighted by molar-refractivity contribution is 0.482. The van der Waals surface area contributed by atoms with E-state index in [9.17, 15) is 0 Å². The van der Waals surface area contributed by atoms with Gasteiger partial charge in [0.2, 0.25) is 0 Å². The van der Waals surface area contributed by atoms with Gasteiger partial charge in [0.15, 0.2) is 0 Å². The van der Waals surface area contributed by atoms with Gasteiger partial charge in [-0.2, -0.15) is 0 Å². The van der Waals surface area contributed by atoms with Gasteiger partial charge in [0.05, 0.1) is 6.04 Å². The Morgan fingerprint density at radius 2 is 1.50 bits per heavy atom. The number of ether oxygens (including phenoxy) is 1. The maximum atomic E-state index is 6.23. The van der Waals surface area contributed by atoms with E-state index in [2.05, 4.69) is 6.07 Å². The fourth-order valence-corrected chi connectivity index (χ4v) is 2.75. The predicted molar refractivity (Wildman–Crippen MR) is 83.3 cm³/mol. The second-order valence-electron chi connectivity index (χ2n) is 4.48. The Labute approximate surface area is 122 Å². The molecule has 0 saturated carbocycles. The summed E-state index contributed by atoms with van der Waals surface area (Å²) < 4.78 is 5.77. The zero-order chi connectivity index (χ0) is 13.8. The van der Waals surface area contributed by atoms with Crippen LogP contribution >= 0.6 is 11.3 Å². The van der Waals surface area contributed by atoms with Crippen molar-refractivity contribution in [2.75, 3.05) is 0 Å². The molecule has 1 atom stereocenters. The maximum absolute atomic E-state index is 6.23. The molecule has 100 valence electrons. The average Bonchev–Trinajstić information content (AvgIpc) is 3.03. The van der Waals surface area contributed by atoms with Crippen molar-refractivity contribution < 1.29 is 4.74 Å². The second-order valence-corrected chi connectivity index (χ2v) is 5.46. The summed E-state index contributed by atoms with van der Waals surface area (Å²) >= 11 is 1.68. The van der Waals surface area contributed by atoms with E-state index in [0.29, 0.717) is 0 Å². The minimum absolute atomic E-state index is 0.0687. The van der Waals surface area contributed by atoms with Gasteiger partial charge in [-0.05, 0) is 41.3 Å². The van der Waals surface area contributed by atoms with E-state index in [4.69, 9.17) is 10.5 Å². The Kier molecular flexibility index (Phi) is 3.81. The zero-order valence-electron chi connectivity index (χ0n) is 10.9. The summed E-state index contributed by atoms with van der Waals surface area (Å²) in [5.41, 5.74) is 7.32. The average molecular weight is 281 g/mol. The van der Waals surface area contributed by atoms with Crippen molar-refractivity contribution in [1.82, 2.24) is 0 Å². The third kappa shape index (κ3) is 2.90. The summed E-state index contributed by atoms with van der Waals surface area (Å²) in [7, 11) is 0. The molecule has 2 N–H and O–H groups in total. The summed E-state index contributed by atoms with van der Waals surface area (Å²) in [6.07, 6.45) is 0. The van der Waals surface area contributed by atoms with Gasteiger partial charge in [0.25, 0.3) is 0 Å². The molecule has 20 heavy (non-hydrogen) atoms. The van der Waals surface area contributed by atoms with Crippen LogP contribution in [0.1, 0.15) is 16.5 Å². The first-order chi connectivity index (χ1) is 9.83. The highest BCUT2D eigenvalue weighted by Crippen LogP contribution is 2.27. The predicted octanol–water partition coefficient (Wildman–Crippen LogP) is 4.59. The largest absolute Gasteiger partial charge is 0.457 e. The van der Waals surface area contributed by atoms with Crippen LogP contribution in [-0.4, -0.2) is 0 Å². The van der Waals surface area contributed by atoms with Gasteiger partial charge in [-0.25, -0.2) is 0 Å². The molecule has 2 aromatic carbocycles. The molecule has 0 fully saturated rings. The van der Waals surface area contributed by atoms with Crippen LogP contribution in [0.4, 0.5) is 0 Å². The Morgan fingerprint density at radius 1 is 0.800 bits per heavy atom. The lowest BCUT2D eigenvalue weighted by atomic mass is 10.1. The van der Waals surface area contributed by atoms with Crippen LogP contribution in [0.2, 0.25) is 0 Å². The highest BCUT2D eigenvalue weighted by Gasteiger charge is 2.09. The molecule has 0 bridgehead atoms. The highest BCUT2D eigenvalue weighted by molar-refractivity contribution is 7.10. The lowest BCUT2D eigenvalue weighted by Gasteiger charge is -2.11. The van der Waals surface area contributed by atoms with Crippen molar-refractivity contribution in [3.8, 4) is 11.5 Å². The normalized spacial score (nSPS) is 12.1. The van der Waals surface area contributed by atoms with Crippen molar-refractivity contribution in [2.24, 2.45) is 5.73 Å². The third-order valence-corrected chi connectivity index (χ3v) is 4.02. The molecular weight excluding hydrogens is 266 g/mol. The highest BCUT2D eigenvalue weighted by atomic mass is 32.1. The molecule has 3 rings (SSSR count). The number of benzene rings is 2. The minimum atomic E-state index is -0.0687. The van der Waals surface area contributed by atoms with Gasteiger partial charge >= 0.3 is 0 Å². The minimum Gasteiger partial charge on any atom is -0.457 e. The summed E-state index contributed by atoms with van der Waals surface area (Å²) in [6, 6.07) is 21.7. The van der Waals surface area contributed by atoms with Crippen molar-refractivity contribution in [1.29, 1.82) is 0 Å². The Hall–Kier alpha value is -2.10. The molecule has 0 unspecified atom stereocenters.